The number of halogens is 5. The van der Waals surface area contributed by atoms with Crippen LogP contribution in [0.5, 0.6) is 5.75 Å². The minimum Gasteiger partial charge on any atom is -0.426 e. The first-order chi connectivity index (χ1) is 12.7. The van der Waals surface area contributed by atoms with Crippen LogP contribution in [0.1, 0.15) is 5.56 Å². The van der Waals surface area contributed by atoms with E-state index >= 15 is 0 Å². The Hall–Kier alpha value is -3.01. The number of ether oxygens (including phenoxy) is 1. The van der Waals surface area contributed by atoms with Crippen LogP contribution >= 0.6 is 0 Å². The van der Waals surface area contributed by atoms with Gasteiger partial charge in [0.15, 0.2) is 5.82 Å². The molecule has 0 saturated heterocycles. The molecule has 0 atom stereocenters. The zero-order valence-corrected chi connectivity index (χ0v) is 13.5. The molecule has 0 amide bonds. The number of aromatic nitrogens is 3. The highest BCUT2D eigenvalue weighted by atomic mass is 19.4. The fourth-order valence-electron chi connectivity index (χ4n) is 2.15. The van der Waals surface area contributed by atoms with Gasteiger partial charge in [-0.05, 0) is 29.8 Å². The molecule has 27 heavy (non-hydrogen) atoms. The molecule has 0 aliphatic heterocycles. The molecule has 10 heteroatoms. The molecule has 3 aromatic rings. The number of hydrogen-bond donors (Lipinski definition) is 1. The highest BCUT2D eigenvalue weighted by molar-refractivity contribution is 5.55. The van der Waals surface area contributed by atoms with Crippen LogP contribution in [0.15, 0.2) is 54.9 Å². The van der Waals surface area contributed by atoms with Crippen molar-refractivity contribution in [2.45, 2.75) is 18.9 Å². The lowest BCUT2D eigenvalue weighted by atomic mass is 10.1. The van der Waals surface area contributed by atoms with Gasteiger partial charge in [0.05, 0.1) is 12.3 Å². The molecular formula is C17H12F5N3O2. The van der Waals surface area contributed by atoms with Crippen molar-refractivity contribution >= 4 is 0 Å². The quantitative estimate of drug-likeness (QED) is 0.676. The van der Waals surface area contributed by atoms with Crippen molar-refractivity contribution in [3.8, 4) is 22.8 Å². The van der Waals surface area contributed by atoms with E-state index in [-0.39, 0.29) is 6.61 Å². The average Bonchev–Trinajstić information content (AvgIpc) is 3.11. The topological polar surface area (TPSA) is 60.2 Å². The van der Waals surface area contributed by atoms with Gasteiger partial charge in [0.25, 0.3) is 0 Å². The van der Waals surface area contributed by atoms with Crippen molar-refractivity contribution in [3.63, 3.8) is 0 Å². The minimum atomic E-state index is -5.81. The van der Waals surface area contributed by atoms with Gasteiger partial charge in [-0.1, -0.05) is 24.3 Å². The van der Waals surface area contributed by atoms with Crippen molar-refractivity contribution in [2.24, 2.45) is 0 Å². The monoisotopic (exact) mass is 385 g/mol. The highest BCUT2D eigenvalue weighted by Crippen LogP contribution is 2.37. The summed E-state index contributed by atoms with van der Waals surface area (Å²) in [5, 5.41) is 13.3. The summed E-state index contributed by atoms with van der Waals surface area (Å²) in [6.07, 6.45) is -9.72. The van der Waals surface area contributed by atoms with Gasteiger partial charge in [-0.15, -0.1) is 5.10 Å². The Kier molecular flexibility index (Phi) is 4.83. The van der Waals surface area contributed by atoms with Crippen molar-refractivity contribution in [1.82, 2.24) is 14.8 Å². The molecular weight excluding hydrogens is 373 g/mol. The van der Waals surface area contributed by atoms with Gasteiger partial charge in [0, 0.05) is 5.56 Å². The molecule has 1 N–H and O–H groups in total. The van der Waals surface area contributed by atoms with E-state index in [1.165, 1.54) is 23.1 Å². The van der Waals surface area contributed by atoms with E-state index < -0.39 is 18.0 Å². The summed E-state index contributed by atoms with van der Waals surface area (Å²) < 4.78 is 67.3. The number of alkyl halides is 5. The lowest BCUT2D eigenvalue weighted by Crippen LogP contribution is -2.41. The first-order valence-electron chi connectivity index (χ1n) is 7.55. The highest BCUT2D eigenvalue weighted by Gasteiger charge is 2.61. The summed E-state index contributed by atoms with van der Waals surface area (Å²) in [6, 6.07) is 11.4. The van der Waals surface area contributed by atoms with Crippen LogP contribution in [0.3, 0.4) is 0 Å². The number of aliphatic hydroxyl groups is 1. The van der Waals surface area contributed by atoms with Crippen LogP contribution in [0.25, 0.3) is 17.1 Å². The molecule has 3 rings (SSSR count). The molecule has 1 aromatic heterocycles. The minimum absolute atomic E-state index is 0.0933. The van der Waals surface area contributed by atoms with Crippen LogP contribution in [-0.2, 0) is 6.61 Å². The van der Waals surface area contributed by atoms with Crippen LogP contribution in [-0.4, -0.2) is 32.2 Å². The van der Waals surface area contributed by atoms with Crippen LogP contribution < -0.4 is 4.74 Å². The molecule has 1 heterocycles. The number of nitrogens with zero attached hydrogens (tertiary/aromatic N) is 3. The third-order valence-electron chi connectivity index (χ3n) is 3.56. The van der Waals surface area contributed by atoms with Crippen molar-refractivity contribution in [1.29, 1.82) is 0 Å². The summed E-state index contributed by atoms with van der Waals surface area (Å²) >= 11 is 0. The van der Waals surface area contributed by atoms with Crippen LogP contribution in [0.4, 0.5) is 22.0 Å². The molecule has 0 aliphatic rings. The summed E-state index contributed by atoms with van der Waals surface area (Å²) in [4.78, 5) is 4.12. The summed E-state index contributed by atoms with van der Waals surface area (Å²) in [6.45, 7) is -0.0933. The number of aliphatic hydroxyl groups excluding tert-OH is 1. The van der Waals surface area contributed by atoms with E-state index in [9.17, 15) is 22.0 Å². The zero-order chi connectivity index (χ0) is 19.7. The summed E-state index contributed by atoms with van der Waals surface area (Å²) in [7, 11) is 0. The number of benzene rings is 2. The maximum Gasteiger partial charge on any atom is 0.499 e. The van der Waals surface area contributed by atoms with Gasteiger partial charge in [-0.3, -0.25) is 0 Å². The first-order valence-corrected chi connectivity index (χ1v) is 7.55. The molecule has 142 valence electrons. The first kappa shape index (κ1) is 18.8. The van der Waals surface area contributed by atoms with E-state index in [1.54, 1.807) is 24.3 Å². The Morgan fingerprint density at radius 1 is 0.926 bits per heavy atom. The molecule has 0 spiro atoms. The van der Waals surface area contributed by atoms with E-state index in [0.29, 0.717) is 17.1 Å². The second-order valence-electron chi connectivity index (χ2n) is 5.48. The Balaban J connectivity index is 1.77. The van der Waals surface area contributed by atoms with E-state index in [4.69, 9.17) is 5.11 Å². The van der Waals surface area contributed by atoms with Crippen LogP contribution in [0.2, 0.25) is 0 Å². The SMILES string of the molecule is OCc1ccc(-c2ncn(-c3ccc(OC(F)(F)C(F)(F)F)cc3)n2)cc1. The van der Waals surface area contributed by atoms with E-state index in [0.717, 1.165) is 17.7 Å². The maximum absolute atomic E-state index is 12.9. The second kappa shape index (κ2) is 6.95. The van der Waals surface area contributed by atoms with Crippen molar-refractivity contribution < 1.29 is 31.8 Å². The van der Waals surface area contributed by atoms with Gasteiger partial charge in [0.1, 0.15) is 12.1 Å². The summed E-state index contributed by atoms with van der Waals surface area (Å²) in [5.41, 5.74) is 1.81. The van der Waals surface area contributed by atoms with Crippen molar-refractivity contribution in [3.05, 3.63) is 60.4 Å². The van der Waals surface area contributed by atoms with Gasteiger partial charge in [-0.25, -0.2) is 9.67 Å². The smallest absolute Gasteiger partial charge is 0.426 e. The molecule has 0 saturated carbocycles. The Morgan fingerprint density at radius 2 is 1.56 bits per heavy atom. The Bertz CT molecular complexity index is 906. The molecule has 0 unspecified atom stereocenters. The standard InChI is InChI=1S/C17H12F5N3O2/c18-16(19,20)17(21,22)27-14-7-5-13(6-8-14)25-10-23-15(24-25)12-3-1-11(9-26)2-4-12/h1-8,10,26H,9H2. The van der Waals surface area contributed by atoms with E-state index in [2.05, 4.69) is 14.8 Å². The molecule has 2 aromatic carbocycles. The van der Waals surface area contributed by atoms with Gasteiger partial charge in [-0.2, -0.15) is 22.0 Å². The lowest BCUT2D eigenvalue weighted by Gasteiger charge is -2.20. The number of hydrogen-bond acceptors (Lipinski definition) is 4. The zero-order valence-electron chi connectivity index (χ0n) is 13.5. The normalized spacial score (nSPS) is 12.2. The molecule has 0 bridgehead atoms. The molecule has 0 radical (unpaired) electrons. The second-order valence-corrected chi connectivity index (χ2v) is 5.48. The predicted molar refractivity (Wildman–Crippen MR) is 84.3 cm³/mol. The predicted octanol–water partition coefficient (Wildman–Crippen LogP) is 3.96. The third kappa shape index (κ3) is 4.05. The fraction of sp³-hybridized carbons (Fsp3) is 0.176. The number of rotatable bonds is 5. The summed E-state index contributed by atoms with van der Waals surface area (Å²) in [5.74, 6) is -0.260. The fourth-order valence-corrected chi connectivity index (χ4v) is 2.15. The van der Waals surface area contributed by atoms with E-state index in [1.807, 2.05) is 0 Å². The lowest BCUT2D eigenvalue weighted by molar-refractivity contribution is -0.360. The van der Waals surface area contributed by atoms with Crippen LogP contribution in [0, 0.1) is 0 Å². The third-order valence-corrected chi connectivity index (χ3v) is 3.56. The Morgan fingerprint density at radius 3 is 2.11 bits per heavy atom. The molecule has 0 aliphatic carbocycles. The molecule has 0 fully saturated rings. The van der Waals surface area contributed by atoms with Gasteiger partial charge >= 0.3 is 12.3 Å². The van der Waals surface area contributed by atoms with Crippen molar-refractivity contribution in [2.75, 3.05) is 0 Å². The molecule has 5 nitrogen and oxygen atoms in total. The van der Waals surface area contributed by atoms with Gasteiger partial charge < -0.3 is 9.84 Å². The van der Waals surface area contributed by atoms with Gasteiger partial charge in [0.2, 0.25) is 0 Å². The maximum atomic E-state index is 12.9. The average molecular weight is 385 g/mol. The Labute approximate surface area is 149 Å². The largest absolute Gasteiger partial charge is 0.499 e.